The molecule has 1 saturated heterocycles. The van der Waals surface area contributed by atoms with E-state index >= 15 is 0 Å². The van der Waals surface area contributed by atoms with Gasteiger partial charge in [0, 0.05) is 18.2 Å². The van der Waals surface area contributed by atoms with Gasteiger partial charge in [0.15, 0.2) is 0 Å². The zero-order chi connectivity index (χ0) is 13.9. The molecule has 1 aromatic heterocycles. The summed E-state index contributed by atoms with van der Waals surface area (Å²) in [6.07, 6.45) is 5.35. The lowest BCUT2D eigenvalue weighted by molar-refractivity contribution is 0.542. The monoisotopic (exact) mass is 339 g/mol. The molecule has 1 fully saturated rings. The number of rotatable bonds is 3. The van der Waals surface area contributed by atoms with Gasteiger partial charge in [0.05, 0.1) is 17.7 Å². The Kier molecular flexibility index (Phi) is 7.14. The third-order valence-corrected chi connectivity index (χ3v) is 4.08. The van der Waals surface area contributed by atoms with E-state index in [1.54, 1.807) is 0 Å². The summed E-state index contributed by atoms with van der Waals surface area (Å²) in [5, 5.41) is 3.44. The van der Waals surface area contributed by atoms with Crippen LogP contribution in [0.4, 0.5) is 0 Å². The van der Waals surface area contributed by atoms with Gasteiger partial charge in [-0.3, -0.25) is 0 Å². The van der Waals surface area contributed by atoms with Gasteiger partial charge in [0.2, 0.25) is 0 Å². The number of hydrogen-bond acceptors (Lipinski definition) is 2. The van der Waals surface area contributed by atoms with Crippen LogP contribution in [0.1, 0.15) is 32.0 Å². The molecule has 0 saturated carbocycles. The van der Waals surface area contributed by atoms with Crippen molar-refractivity contribution >= 4 is 30.4 Å². The summed E-state index contributed by atoms with van der Waals surface area (Å²) in [4.78, 5) is 4.69. The summed E-state index contributed by atoms with van der Waals surface area (Å²) in [6.45, 7) is 6.39. The van der Waals surface area contributed by atoms with E-state index in [2.05, 4.69) is 54.1 Å². The molecule has 1 N–H and O–H groups in total. The van der Waals surface area contributed by atoms with Crippen molar-refractivity contribution in [1.82, 2.24) is 14.9 Å². The van der Waals surface area contributed by atoms with Gasteiger partial charge >= 0.3 is 0 Å². The first kappa shape index (κ1) is 18.8. The van der Waals surface area contributed by atoms with Crippen LogP contribution in [0.25, 0.3) is 16.8 Å². The van der Waals surface area contributed by atoms with Crippen LogP contribution in [-0.2, 0) is 0 Å². The molecule has 1 aliphatic rings. The standard InChI is InChI=1S/C17H21N3.2ClH/c1-3-13(2)17-16(14-7-5-4-6-8-14)19-12-20(17)15-9-10-18-11-15;;/h3-8,12,15,18H,9-11H2,1-2H3;2*1H/b13-3+;;. The van der Waals surface area contributed by atoms with Crippen molar-refractivity contribution in [2.75, 3.05) is 13.1 Å². The highest BCUT2D eigenvalue weighted by Crippen LogP contribution is 2.31. The maximum Gasteiger partial charge on any atom is 0.0961 e. The molecule has 0 spiro atoms. The third kappa shape index (κ3) is 3.54. The first-order valence-corrected chi connectivity index (χ1v) is 7.27. The fourth-order valence-corrected chi connectivity index (χ4v) is 2.85. The Balaban J connectivity index is 0.00000121. The average molecular weight is 340 g/mol. The van der Waals surface area contributed by atoms with Crippen LogP contribution >= 0.6 is 24.8 Å². The van der Waals surface area contributed by atoms with E-state index in [0.29, 0.717) is 6.04 Å². The second kappa shape index (κ2) is 8.37. The number of hydrogen-bond donors (Lipinski definition) is 1. The second-order valence-electron chi connectivity index (χ2n) is 5.33. The van der Waals surface area contributed by atoms with Crippen molar-refractivity contribution in [2.45, 2.75) is 26.3 Å². The largest absolute Gasteiger partial charge is 0.326 e. The van der Waals surface area contributed by atoms with Crippen molar-refractivity contribution < 1.29 is 0 Å². The first-order chi connectivity index (χ1) is 9.81. The highest BCUT2D eigenvalue weighted by molar-refractivity contribution is 5.85. The quantitative estimate of drug-likeness (QED) is 0.900. The second-order valence-corrected chi connectivity index (χ2v) is 5.33. The van der Waals surface area contributed by atoms with Gasteiger partial charge in [-0.25, -0.2) is 4.98 Å². The predicted molar refractivity (Wildman–Crippen MR) is 98.0 cm³/mol. The first-order valence-electron chi connectivity index (χ1n) is 7.27. The van der Waals surface area contributed by atoms with E-state index < -0.39 is 0 Å². The van der Waals surface area contributed by atoms with Crippen LogP contribution in [0.5, 0.6) is 0 Å². The number of nitrogens with one attached hydrogen (secondary N) is 1. The Labute approximate surface area is 144 Å². The molecule has 3 nitrogen and oxygen atoms in total. The number of aromatic nitrogens is 2. The predicted octanol–water partition coefficient (Wildman–Crippen LogP) is 4.35. The highest BCUT2D eigenvalue weighted by Gasteiger charge is 2.22. The molecule has 1 unspecified atom stereocenters. The Morgan fingerprint density at radius 3 is 2.59 bits per heavy atom. The lowest BCUT2D eigenvalue weighted by Crippen LogP contribution is -2.14. The maximum atomic E-state index is 4.69. The molecule has 2 aromatic rings. The van der Waals surface area contributed by atoms with Crippen molar-refractivity contribution in [1.29, 1.82) is 0 Å². The van der Waals surface area contributed by atoms with Crippen molar-refractivity contribution in [2.24, 2.45) is 0 Å². The molecule has 0 aliphatic carbocycles. The smallest absolute Gasteiger partial charge is 0.0961 e. The zero-order valence-corrected chi connectivity index (χ0v) is 14.6. The van der Waals surface area contributed by atoms with E-state index in [-0.39, 0.29) is 24.8 Å². The Bertz CT molecular complexity index is 614. The summed E-state index contributed by atoms with van der Waals surface area (Å²) in [6, 6.07) is 11.0. The Morgan fingerprint density at radius 2 is 2.00 bits per heavy atom. The molecule has 1 aliphatic heterocycles. The van der Waals surface area contributed by atoms with Crippen LogP contribution in [0.15, 0.2) is 42.7 Å². The highest BCUT2D eigenvalue weighted by atomic mass is 35.5. The molecule has 0 radical (unpaired) electrons. The number of halogens is 2. The molecule has 1 atom stereocenters. The lowest BCUT2D eigenvalue weighted by Gasteiger charge is -2.16. The van der Waals surface area contributed by atoms with Crippen LogP contribution < -0.4 is 5.32 Å². The van der Waals surface area contributed by atoms with E-state index in [1.807, 2.05) is 12.4 Å². The van der Waals surface area contributed by atoms with Crippen molar-refractivity contribution in [3.8, 4) is 11.3 Å². The molecule has 3 rings (SSSR count). The van der Waals surface area contributed by atoms with E-state index in [9.17, 15) is 0 Å². The molecule has 1 aromatic carbocycles. The molecule has 120 valence electrons. The fourth-order valence-electron chi connectivity index (χ4n) is 2.85. The Morgan fingerprint density at radius 1 is 1.27 bits per heavy atom. The normalized spacial score (nSPS) is 17.7. The topological polar surface area (TPSA) is 29.9 Å². The molecular formula is C17H23Cl2N3. The van der Waals surface area contributed by atoms with E-state index in [4.69, 9.17) is 4.98 Å². The van der Waals surface area contributed by atoms with Gasteiger partial charge in [-0.1, -0.05) is 36.4 Å². The van der Waals surface area contributed by atoms with Crippen LogP contribution in [0.2, 0.25) is 0 Å². The number of benzene rings is 1. The maximum absolute atomic E-state index is 4.69. The van der Waals surface area contributed by atoms with E-state index in [0.717, 1.165) is 18.8 Å². The molecular weight excluding hydrogens is 317 g/mol. The summed E-state index contributed by atoms with van der Waals surface area (Å²) >= 11 is 0. The summed E-state index contributed by atoms with van der Waals surface area (Å²) in [7, 11) is 0. The van der Waals surface area contributed by atoms with Crippen molar-refractivity contribution in [3.63, 3.8) is 0 Å². The SMILES string of the molecule is C/C=C(\C)c1c(-c2ccccc2)ncn1C1CCNC1.Cl.Cl. The molecule has 2 heterocycles. The minimum absolute atomic E-state index is 0. The molecule has 0 amide bonds. The van der Waals surface area contributed by atoms with Gasteiger partial charge in [0.1, 0.15) is 0 Å². The third-order valence-electron chi connectivity index (χ3n) is 4.08. The van der Waals surface area contributed by atoms with Crippen molar-refractivity contribution in [3.05, 3.63) is 48.4 Å². The minimum Gasteiger partial charge on any atom is -0.326 e. The zero-order valence-electron chi connectivity index (χ0n) is 13.0. The van der Waals surface area contributed by atoms with Crippen LogP contribution in [-0.4, -0.2) is 22.6 Å². The number of nitrogens with zero attached hydrogens (tertiary/aromatic N) is 2. The molecule has 0 bridgehead atoms. The van der Waals surface area contributed by atoms with E-state index in [1.165, 1.54) is 23.3 Å². The molecule has 5 heteroatoms. The van der Waals surface area contributed by atoms with Gasteiger partial charge in [-0.2, -0.15) is 0 Å². The minimum atomic E-state index is 0. The van der Waals surface area contributed by atoms with Crippen LogP contribution in [0.3, 0.4) is 0 Å². The van der Waals surface area contributed by atoms with Gasteiger partial charge < -0.3 is 9.88 Å². The fraction of sp³-hybridized carbons (Fsp3) is 0.353. The number of allylic oxidation sites excluding steroid dienone is 2. The summed E-state index contributed by atoms with van der Waals surface area (Å²) in [5.74, 6) is 0. The van der Waals surface area contributed by atoms with Gasteiger partial charge in [-0.05, 0) is 32.4 Å². The summed E-state index contributed by atoms with van der Waals surface area (Å²) < 4.78 is 2.34. The van der Waals surface area contributed by atoms with Gasteiger partial charge in [-0.15, -0.1) is 24.8 Å². The number of imidazole rings is 1. The molecule has 22 heavy (non-hydrogen) atoms. The van der Waals surface area contributed by atoms with Crippen LogP contribution in [0, 0.1) is 0 Å². The summed E-state index contributed by atoms with van der Waals surface area (Å²) in [5.41, 5.74) is 4.82. The Hall–Kier alpha value is -1.29. The average Bonchev–Trinajstić information content (AvgIpc) is 3.16. The van der Waals surface area contributed by atoms with Gasteiger partial charge in [0.25, 0.3) is 0 Å². The lowest BCUT2D eigenvalue weighted by atomic mass is 10.0.